The average Bonchev–Trinajstić information content (AvgIpc) is 3.09. The van der Waals surface area contributed by atoms with Crippen molar-refractivity contribution in [1.29, 1.82) is 0 Å². The van der Waals surface area contributed by atoms with Crippen molar-refractivity contribution in [2.75, 3.05) is 12.4 Å². The van der Waals surface area contributed by atoms with Crippen molar-refractivity contribution in [2.45, 2.75) is 24.8 Å². The van der Waals surface area contributed by atoms with E-state index in [0.29, 0.717) is 5.57 Å². The van der Waals surface area contributed by atoms with Gasteiger partial charge >= 0.3 is 11.9 Å². The summed E-state index contributed by atoms with van der Waals surface area (Å²) in [5.74, 6) is -2.41. The van der Waals surface area contributed by atoms with Crippen molar-refractivity contribution in [3.63, 3.8) is 0 Å². The van der Waals surface area contributed by atoms with E-state index in [-0.39, 0.29) is 30.3 Å². The minimum Gasteiger partial charge on any atom is -0.477 e. The molecule has 2 atom stereocenters. The first kappa shape index (κ1) is 17.8. The topological polar surface area (TPSA) is 167 Å². The molecule has 0 aromatic carbocycles. The van der Waals surface area contributed by atoms with Gasteiger partial charge in [0.2, 0.25) is 5.91 Å². The number of carbonyl (C=O) groups is 4. The summed E-state index contributed by atoms with van der Waals surface area (Å²) in [5, 5.41) is 24.3. The van der Waals surface area contributed by atoms with E-state index in [2.05, 4.69) is 25.9 Å². The van der Waals surface area contributed by atoms with Crippen LogP contribution in [-0.4, -0.2) is 78.2 Å². The minimum absolute atomic E-state index is 0.156. The summed E-state index contributed by atoms with van der Waals surface area (Å²) in [5.41, 5.74) is 0.127. The standard InChI is InChI=1S/C13H14N6O6S/c1-5(20)25-3-6-4-26-12-9(11(22)19(12)10(6)13(23)24)14-8(21)2-7-15-17-18-16-7/h9,12H,2-4H2,1H3,(H,14,21)(H,23,24)(H,15,16,17,18)/t9?,12-/m0/s1. The molecule has 1 unspecified atom stereocenters. The van der Waals surface area contributed by atoms with Crippen LogP contribution in [0.3, 0.4) is 0 Å². The van der Waals surface area contributed by atoms with Crippen LogP contribution >= 0.6 is 11.8 Å². The molecule has 0 spiro atoms. The molecule has 1 fully saturated rings. The molecule has 3 heterocycles. The molecule has 138 valence electrons. The SMILES string of the molecule is CC(=O)OCC1=C(C(=O)O)N2C(=O)C(NC(=O)Cc3nn[nH]n3)[C@@H]2SC1. The Labute approximate surface area is 150 Å². The summed E-state index contributed by atoms with van der Waals surface area (Å²) >= 11 is 1.28. The predicted octanol–water partition coefficient (Wildman–Crippen LogP) is -1.96. The Kier molecular flexibility index (Phi) is 4.88. The van der Waals surface area contributed by atoms with E-state index < -0.39 is 35.2 Å². The number of aromatic nitrogens is 4. The number of amides is 2. The fourth-order valence-corrected chi connectivity index (χ4v) is 3.94. The lowest BCUT2D eigenvalue weighted by molar-refractivity contribution is -0.151. The summed E-state index contributed by atoms with van der Waals surface area (Å²) in [6.07, 6.45) is -0.156. The number of aromatic amines is 1. The van der Waals surface area contributed by atoms with Gasteiger partial charge in [0.15, 0.2) is 5.82 Å². The van der Waals surface area contributed by atoms with Crippen LogP contribution in [0.1, 0.15) is 12.7 Å². The Morgan fingerprint density at radius 1 is 1.46 bits per heavy atom. The summed E-state index contributed by atoms with van der Waals surface area (Å²) < 4.78 is 4.85. The number of esters is 1. The smallest absolute Gasteiger partial charge is 0.352 e. The number of aliphatic carboxylic acids is 1. The van der Waals surface area contributed by atoms with Gasteiger partial charge in [-0.05, 0) is 0 Å². The van der Waals surface area contributed by atoms with Crippen molar-refractivity contribution in [3.8, 4) is 0 Å². The molecule has 3 N–H and O–H groups in total. The Balaban J connectivity index is 1.69. The van der Waals surface area contributed by atoms with Gasteiger partial charge in [-0.1, -0.05) is 5.21 Å². The van der Waals surface area contributed by atoms with Crippen LogP contribution in [0.4, 0.5) is 0 Å². The fourth-order valence-electron chi connectivity index (χ4n) is 2.61. The van der Waals surface area contributed by atoms with Crippen LogP contribution in [0.15, 0.2) is 11.3 Å². The molecule has 2 aliphatic heterocycles. The maximum Gasteiger partial charge on any atom is 0.352 e. The predicted molar refractivity (Wildman–Crippen MR) is 84.2 cm³/mol. The number of carboxylic acids is 1. The molecule has 1 aromatic rings. The van der Waals surface area contributed by atoms with E-state index in [9.17, 15) is 24.3 Å². The second kappa shape index (κ2) is 7.11. The third-order valence-corrected chi connectivity index (χ3v) is 5.06. The van der Waals surface area contributed by atoms with E-state index in [1.54, 1.807) is 0 Å². The van der Waals surface area contributed by atoms with E-state index in [1.165, 1.54) is 18.7 Å². The first-order valence-electron chi connectivity index (χ1n) is 7.43. The Morgan fingerprint density at radius 3 is 2.85 bits per heavy atom. The van der Waals surface area contributed by atoms with Gasteiger partial charge in [0.1, 0.15) is 23.7 Å². The van der Waals surface area contributed by atoms with Gasteiger partial charge in [0.25, 0.3) is 5.91 Å². The van der Waals surface area contributed by atoms with Crippen molar-refractivity contribution < 1.29 is 29.0 Å². The fraction of sp³-hybridized carbons (Fsp3) is 0.462. The van der Waals surface area contributed by atoms with Crippen LogP contribution in [0, 0.1) is 0 Å². The largest absolute Gasteiger partial charge is 0.477 e. The molecule has 0 bridgehead atoms. The lowest BCUT2D eigenvalue weighted by Crippen LogP contribution is -2.70. The zero-order valence-electron chi connectivity index (χ0n) is 13.5. The van der Waals surface area contributed by atoms with Gasteiger partial charge in [-0.2, -0.15) is 5.21 Å². The molecular formula is C13H14N6O6S. The van der Waals surface area contributed by atoms with Crippen LogP contribution < -0.4 is 5.32 Å². The molecule has 2 aliphatic rings. The van der Waals surface area contributed by atoms with Gasteiger partial charge < -0.3 is 15.2 Å². The zero-order valence-corrected chi connectivity index (χ0v) is 14.3. The summed E-state index contributed by atoms with van der Waals surface area (Å²) in [6, 6.07) is -0.843. The number of nitrogens with zero attached hydrogens (tertiary/aromatic N) is 4. The summed E-state index contributed by atoms with van der Waals surface area (Å²) in [7, 11) is 0. The molecule has 2 amide bonds. The molecule has 0 radical (unpaired) electrons. The first-order chi connectivity index (χ1) is 12.4. The number of rotatable bonds is 6. The molecule has 1 aromatic heterocycles. The van der Waals surface area contributed by atoms with E-state index in [4.69, 9.17) is 4.74 Å². The maximum atomic E-state index is 12.4. The number of fused-ring (bicyclic) bond motifs is 1. The highest BCUT2D eigenvalue weighted by Crippen LogP contribution is 2.40. The van der Waals surface area contributed by atoms with Gasteiger partial charge in [-0.15, -0.1) is 22.0 Å². The highest BCUT2D eigenvalue weighted by Gasteiger charge is 2.54. The van der Waals surface area contributed by atoms with Gasteiger partial charge in [0.05, 0.1) is 6.42 Å². The van der Waals surface area contributed by atoms with E-state index in [1.807, 2.05) is 0 Å². The zero-order chi connectivity index (χ0) is 18.8. The Bertz CT molecular complexity index is 793. The molecule has 13 heteroatoms. The van der Waals surface area contributed by atoms with Crippen molar-refractivity contribution in [1.82, 2.24) is 30.8 Å². The first-order valence-corrected chi connectivity index (χ1v) is 8.48. The second-order valence-corrected chi connectivity index (χ2v) is 6.60. The average molecular weight is 382 g/mol. The van der Waals surface area contributed by atoms with Crippen molar-refractivity contribution in [3.05, 3.63) is 17.1 Å². The molecule has 1 saturated heterocycles. The summed E-state index contributed by atoms with van der Waals surface area (Å²) in [6.45, 7) is 1.01. The third-order valence-electron chi connectivity index (χ3n) is 3.72. The van der Waals surface area contributed by atoms with Gasteiger partial charge in [-0.25, -0.2) is 4.79 Å². The number of ether oxygens (including phenoxy) is 1. The second-order valence-electron chi connectivity index (χ2n) is 5.50. The quantitative estimate of drug-likeness (QED) is 0.371. The number of carboxylic acid groups (broad SMARTS) is 1. The van der Waals surface area contributed by atoms with E-state index in [0.717, 1.165) is 4.90 Å². The number of H-pyrrole nitrogens is 1. The molecular weight excluding hydrogens is 368 g/mol. The van der Waals surface area contributed by atoms with Crippen LogP contribution in [0.2, 0.25) is 0 Å². The van der Waals surface area contributed by atoms with Gasteiger partial charge in [-0.3, -0.25) is 19.3 Å². The maximum absolute atomic E-state index is 12.4. The number of hydrogen-bond donors (Lipinski definition) is 3. The number of tetrazole rings is 1. The van der Waals surface area contributed by atoms with Crippen molar-refractivity contribution in [2.24, 2.45) is 0 Å². The highest BCUT2D eigenvalue weighted by molar-refractivity contribution is 8.00. The monoisotopic (exact) mass is 382 g/mol. The number of nitrogens with one attached hydrogen (secondary N) is 2. The normalized spacial score (nSPS) is 21.7. The van der Waals surface area contributed by atoms with Crippen molar-refractivity contribution >= 4 is 35.5 Å². The number of carbonyl (C=O) groups excluding carboxylic acids is 3. The van der Waals surface area contributed by atoms with E-state index >= 15 is 0 Å². The Morgan fingerprint density at radius 2 is 2.23 bits per heavy atom. The number of β-lactam (4-membered cyclic amide) rings is 1. The number of thioether (sulfide) groups is 1. The third kappa shape index (κ3) is 3.37. The molecule has 0 saturated carbocycles. The lowest BCUT2D eigenvalue weighted by atomic mass is 10.0. The highest BCUT2D eigenvalue weighted by atomic mass is 32.2. The molecule has 3 rings (SSSR count). The number of hydrogen-bond acceptors (Lipinski definition) is 9. The molecule has 26 heavy (non-hydrogen) atoms. The Hall–Kier alpha value is -2.96. The molecule has 0 aliphatic carbocycles. The summed E-state index contributed by atoms with van der Waals surface area (Å²) in [4.78, 5) is 48.0. The van der Waals surface area contributed by atoms with Crippen LogP contribution in [-0.2, 0) is 30.3 Å². The van der Waals surface area contributed by atoms with Gasteiger partial charge in [0, 0.05) is 18.2 Å². The minimum atomic E-state index is -1.29. The molecule has 12 nitrogen and oxygen atoms in total. The lowest BCUT2D eigenvalue weighted by Gasteiger charge is -2.49. The van der Waals surface area contributed by atoms with Crippen LogP contribution in [0.5, 0.6) is 0 Å². The van der Waals surface area contributed by atoms with Crippen LogP contribution in [0.25, 0.3) is 0 Å².